The number of amides is 2. The Labute approximate surface area is 245 Å². The van der Waals surface area contributed by atoms with Crippen molar-refractivity contribution in [2.45, 2.75) is 104 Å². The molecule has 4 fully saturated rings. The van der Waals surface area contributed by atoms with Gasteiger partial charge < -0.3 is 25.7 Å². The minimum Gasteiger partial charge on any atom is -0.404 e. The molecule has 3 aliphatic carbocycles. The average Bonchev–Trinajstić information content (AvgIpc) is 3.30. The molecule has 0 radical (unpaired) electrons. The molecule has 1 aliphatic heterocycles. The van der Waals surface area contributed by atoms with Gasteiger partial charge in [-0.3, -0.25) is 9.59 Å². The number of hydrogen-bond donors (Lipinski definition) is 3. The number of nitrogens with two attached hydrogens (primary N) is 1. The number of fused-ring (bicyclic) bond motifs is 1. The van der Waals surface area contributed by atoms with Crippen molar-refractivity contribution in [2.24, 2.45) is 34.8 Å². The van der Waals surface area contributed by atoms with Crippen LogP contribution in [0.3, 0.4) is 0 Å². The minimum atomic E-state index is -0.777. The molecule has 7 nitrogen and oxygen atoms in total. The van der Waals surface area contributed by atoms with E-state index in [4.69, 9.17) is 15.0 Å². The first-order valence-electron chi connectivity index (χ1n) is 15.5. The number of benzene rings is 2. The van der Waals surface area contributed by atoms with Gasteiger partial charge in [-0.15, -0.1) is 0 Å². The van der Waals surface area contributed by atoms with Crippen LogP contribution in [-0.2, 0) is 25.3 Å². The number of hydrogen-bond acceptors (Lipinski definition) is 5. The number of nitrogens with one attached hydrogen (secondary N) is 2. The monoisotopic (exact) mass is 561 g/mol. The maximum Gasteiger partial charge on any atom is 0.481 e. The topological polar surface area (TPSA) is 103 Å². The molecule has 2 aromatic carbocycles. The van der Waals surface area contributed by atoms with E-state index in [0.717, 1.165) is 29.2 Å². The summed E-state index contributed by atoms with van der Waals surface area (Å²) in [5.41, 5.74) is 7.33. The van der Waals surface area contributed by atoms with Crippen LogP contribution >= 0.6 is 0 Å². The molecule has 4 aliphatic rings. The van der Waals surface area contributed by atoms with Crippen molar-refractivity contribution in [1.29, 1.82) is 0 Å². The van der Waals surface area contributed by atoms with Crippen molar-refractivity contribution in [3.63, 3.8) is 0 Å². The van der Waals surface area contributed by atoms with Crippen LogP contribution in [0.15, 0.2) is 42.5 Å². The quantitative estimate of drug-likeness (QED) is 0.367. The van der Waals surface area contributed by atoms with Gasteiger partial charge in [-0.2, -0.15) is 0 Å². The minimum absolute atomic E-state index is 0.0413. The summed E-state index contributed by atoms with van der Waals surface area (Å²) in [5.74, 6) is 0.227. The van der Waals surface area contributed by atoms with E-state index in [-0.39, 0.29) is 46.7 Å². The Morgan fingerprint density at radius 1 is 1.02 bits per heavy atom. The zero-order chi connectivity index (χ0) is 29.7. The van der Waals surface area contributed by atoms with Crippen LogP contribution in [-0.4, -0.2) is 48.7 Å². The summed E-state index contributed by atoms with van der Waals surface area (Å²) in [6.07, 6.45) is 3.34. The first-order valence-corrected chi connectivity index (χ1v) is 15.5. The third-order valence-electron chi connectivity index (χ3n) is 10.7. The predicted molar refractivity (Wildman–Crippen MR) is 164 cm³/mol. The van der Waals surface area contributed by atoms with E-state index in [9.17, 15) is 9.59 Å². The van der Waals surface area contributed by atoms with Gasteiger partial charge in [0.25, 0.3) is 0 Å². The molecule has 2 bridgehead atoms. The van der Waals surface area contributed by atoms with E-state index in [0.29, 0.717) is 18.3 Å². The fourth-order valence-corrected chi connectivity index (χ4v) is 7.62. The lowest BCUT2D eigenvalue weighted by Crippen LogP contribution is -2.65. The van der Waals surface area contributed by atoms with Crippen LogP contribution < -0.4 is 16.4 Å². The highest BCUT2D eigenvalue weighted by Gasteiger charge is 2.68. The van der Waals surface area contributed by atoms with Crippen molar-refractivity contribution in [3.8, 4) is 0 Å². The number of rotatable bonds is 10. The molecule has 8 heteroatoms. The molecule has 0 aromatic heterocycles. The Morgan fingerprint density at radius 3 is 2.41 bits per heavy atom. The Bertz CT molecular complexity index is 1280. The highest BCUT2D eigenvalue weighted by Crippen LogP contribution is 2.65. The average molecular weight is 562 g/mol. The summed E-state index contributed by atoms with van der Waals surface area (Å²) in [4.78, 5) is 27.1. The van der Waals surface area contributed by atoms with Gasteiger partial charge >= 0.3 is 7.12 Å². The largest absolute Gasteiger partial charge is 0.481 e. The van der Waals surface area contributed by atoms with Crippen molar-refractivity contribution >= 4 is 29.7 Å². The molecular formula is C33H48BN3O4. The first-order chi connectivity index (χ1) is 19.4. The molecule has 8 atom stereocenters. The SMILES string of the molecule is CCC(C)[C@H](NC(=O)[C@H](N)Cc1cccc2ccccc12)C(=O)N[C@H](B1O[C@@H]2C[C@@H]3C[C@@H](C3(C)C)[C@]2(C)O1)C(C)C. The van der Waals surface area contributed by atoms with E-state index in [2.05, 4.69) is 57.4 Å². The second-order valence-electron chi connectivity index (χ2n) is 13.9. The zero-order valence-corrected chi connectivity index (χ0v) is 25.8. The maximum atomic E-state index is 13.8. The van der Waals surface area contributed by atoms with Gasteiger partial charge in [-0.05, 0) is 71.6 Å². The lowest BCUT2D eigenvalue weighted by molar-refractivity contribution is -0.199. The van der Waals surface area contributed by atoms with Crippen LogP contribution in [0.2, 0.25) is 0 Å². The molecule has 6 rings (SSSR count). The molecular weight excluding hydrogens is 513 g/mol. The normalized spacial score (nSPS) is 29.3. The molecule has 3 saturated carbocycles. The van der Waals surface area contributed by atoms with Gasteiger partial charge in [0.05, 0.1) is 23.7 Å². The molecule has 222 valence electrons. The fraction of sp³-hybridized carbons (Fsp3) is 0.636. The molecule has 2 amide bonds. The van der Waals surface area contributed by atoms with E-state index in [1.807, 2.05) is 44.2 Å². The highest BCUT2D eigenvalue weighted by atomic mass is 16.7. The van der Waals surface area contributed by atoms with Crippen molar-refractivity contribution < 1.29 is 18.9 Å². The van der Waals surface area contributed by atoms with Crippen LogP contribution in [0.5, 0.6) is 0 Å². The molecule has 4 N–H and O–H groups in total. The lowest BCUT2D eigenvalue weighted by Gasteiger charge is -2.64. The summed E-state index contributed by atoms with van der Waals surface area (Å²) in [5, 5.41) is 8.41. The summed E-state index contributed by atoms with van der Waals surface area (Å²) >= 11 is 0. The maximum absolute atomic E-state index is 13.8. The zero-order valence-electron chi connectivity index (χ0n) is 25.8. The van der Waals surface area contributed by atoms with Crippen molar-refractivity contribution in [3.05, 3.63) is 48.0 Å². The van der Waals surface area contributed by atoms with Gasteiger partial charge in [-0.1, -0.05) is 90.4 Å². The third-order valence-corrected chi connectivity index (χ3v) is 10.7. The van der Waals surface area contributed by atoms with Gasteiger partial charge in [0, 0.05) is 0 Å². The standard InChI is InChI=1S/C33H48BN3O4/c1-8-20(4)28(36-30(38)25(35)16-22-14-11-13-21-12-9-10-15-24(21)22)31(39)37-29(19(2)3)34-40-27-18-23-17-26(32(23,5)6)33(27,7)41-34/h9-15,19-20,23,25-29H,8,16-18,35H2,1-7H3,(H,36,38)(H,37,39)/t20?,23-,25+,26-,27+,28-,29-,33-/m0/s1. The smallest absolute Gasteiger partial charge is 0.404 e. The predicted octanol–water partition coefficient (Wildman–Crippen LogP) is 4.65. The summed E-state index contributed by atoms with van der Waals surface area (Å²) in [6.45, 7) is 15.0. The van der Waals surface area contributed by atoms with E-state index in [1.165, 1.54) is 6.42 Å². The highest BCUT2D eigenvalue weighted by molar-refractivity contribution is 6.48. The Morgan fingerprint density at radius 2 is 1.73 bits per heavy atom. The van der Waals surface area contributed by atoms with Crippen LogP contribution in [0.1, 0.15) is 73.3 Å². The van der Waals surface area contributed by atoms with Gasteiger partial charge in [0.1, 0.15) is 6.04 Å². The van der Waals surface area contributed by atoms with Crippen LogP contribution in [0.25, 0.3) is 10.8 Å². The third kappa shape index (κ3) is 5.43. The van der Waals surface area contributed by atoms with Gasteiger partial charge in [0.15, 0.2) is 0 Å². The van der Waals surface area contributed by atoms with Crippen molar-refractivity contribution in [2.75, 3.05) is 0 Å². The molecule has 0 spiro atoms. The lowest BCUT2D eigenvalue weighted by atomic mass is 9.43. The molecule has 1 saturated heterocycles. The van der Waals surface area contributed by atoms with Gasteiger partial charge in [0.2, 0.25) is 11.8 Å². The molecule has 1 heterocycles. The van der Waals surface area contributed by atoms with Crippen LogP contribution in [0.4, 0.5) is 0 Å². The molecule has 41 heavy (non-hydrogen) atoms. The Kier molecular flexibility index (Phi) is 8.32. The van der Waals surface area contributed by atoms with E-state index in [1.54, 1.807) is 0 Å². The number of carbonyl (C=O) groups excluding carboxylic acids is 2. The first kappa shape index (κ1) is 30.1. The Hall–Kier alpha value is -2.42. The van der Waals surface area contributed by atoms with Gasteiger partial charge in [-0.25, -0.2) is 0 Å². The van der Waals surface area contributed by atoms with E-state index < -0.39 is 19.2 Å². The van der Waals surface area contributed by atoms with E-state index >= 15 is 0 Å². The fourth-order valence-electron chi connectivity index (χ4n) is 7.62. The van der Waals surface area contributed by atoms with Crippen molar-refractivity contribution in [1.82, 2.24) is 10.6 Å². The number of carbonyl (C=O) groups is 2. The summed E-state index contributed by atoms with van der Waals surface area (Å²) in [7, 11) is -0.522. The summed E-state index contributed by atoms with van der Waals surface area (Å²) < 4.78 is 13.2. The summed E-state index contributed by atoms with van der Waals surface area (Å²) in [6, 6.07) is 12.6. The second kappa shape index (κ2) is 11.3. The molecule has 1 unspecified atom stereocenters. The molecule has 2 aromatic rings. The van der Waals surface area contributed by atoms with Crippen LogP contribution in [0, 0.1) is 29.1 Å². The second-order valence-corrected chi connectivity index (χ2v) is 13.9. The Balaban J connectivity index is 1.27.